The van der Waals surface area contributed by atoms with Crippen LogP contribution in [0.25, 0.3) is 0 Å². The van der Waals surface area contributed by atoms with Crippen molar-refractivity contribution in [3.8, 4) is 0 Å². The van der Waals surface area contributed by atoms with Gasteiger partial charge in [0.05, 0.1) is 11.4 Å². The summed E-state index contributed by atoms with van der Waals surface area (Å²) in [6, 6.07) is 11.4. The van der Waals surface area contributed by atoms with Crippen LogP contribution < -0.4 is 10.6 Å². The molecule has 8 heteroatoms. The van der Waals surface area contributed by atoms with Crippen molar-refractivity contribution in [2.24, 2.45) is 0 Å². The van der Waals surface area contributed by atoms with E-state index in [0.29, 0.717) is 18.5 Å². The lowest BCUT2D eigenvalue weighted by Gasteiger charge is -2.33. The molecule has 1 saturated heterocycles. The zero-order valence-electron chi connectivity index (χ0n) is 18.1. The first-order valence-corrected chi connectivity index (χ1v) is 11.9. The van der Waals surface area contributed by atoms with Crippen LogP contribution in [0.4, 0.5) is 5.69 Å². The van der Waals surface area contributed by atoms with Crippen molar-refractivity contribution >= 4 is 27.5 Å². The summed E-state index contributed by atoms with van der Waals surface area (Å²) in [4.78, 5) is 25.3. The molecule has 0 aromatic heterocycles. The number of hydrogen-bond acceptors (Lipinski definition) is 4. The van der Waals surface area contributed by atoms with Crippen molar-refractivity contribution in [1.82, 2.24) is 9.62 Å². The molecule has 3 rings (SSSR count). The van der Waals surface area contributed by atoms with Gasteiger partial charge in [-0.2, -0.15) is 4.31 Å². The van der Waals surface area contributed by atoms with Crippen LogP contribution in [0.5, 0.6) is 0 Å². The number of benzene rings is 2. The molecule has 2 amide bonds. The topological polar surface area (TPSA) is 95.6 Å². The number of carbonyl (C=O) groups is 2. The number of nitrogens with one attached hydrogen (secondary N) is 2. The lowest BCUT2D eigenvalue weighted by atomic mass is 10.0. The van der Waals surface area contributed by atoms with Crippen molar-refractivity contribution in [3.63, 3.8) is 0 Å². The fourth-order valence-corrected chi connectivity index (χ4v) is 5.32. The number of aryl methyl sites for hydroxylation is 2. The molecule has 0 spiro atoms. The molecule has 0 radical (unpaired) electrons. The third kappa shape index (κ3) is 5.32. The molecule has 0 bridgehead atoms. The molecule has 0 saturated carbocycles. The first kappa shape index (κ1) is 23.0. The summed E-state index contributed by atoms with van der Waals surface area (Å²) in [5, 5.41) is 5.41. The van der Waals surface area contributed by atoms with Gasteiger partial charge >= 0.3 is 0 Å². The molecule has 0 unspecified atom stereocenters. The third-order valence-electron chi connectivity index (χ3n) is 5.69. The van der Waals surface area contributed by atoms with Crippen LogP contribution in [0, 0.1) is 20.8 Å². The van der Waals surface area contributed by atoms with E-state index in [9.17, 15) is 18.0 Å². The maximum Gasteiger partial charge on any atom is 0.243 e. The van der Waals surface area contributed by atoms with Gasteiger partial charge < -0.3 is 10.6 Å². The van der Waals surface area contributed by atoms with E-state index in [2.05, 4.69) is 10.6 Å². The van der Waals surface area contributed by atoms with Crippen LogP contribution in [0.1, 0.15) is 36.0 Å². The minimum Gasteiger partial charge on any atom is -0.346 e. The van der Waals surface area contributed by atoms with Crippen LogP contribution in [0.15, 0.2) is 47.4 Å². The average Bonchev–Trinajstić information content (AvgIpc) is 2.75. The molecule has 1 atom stereocenters. The molecule has 1 aliphatic heterocycles. The summed E-state index contributed by atoms with van der Waals surface area (Å²) in [6.45, 7) is 5.82. The fourth-order valence-electron chi connectivity index (χ4n) is 3.67. The smallest absolute Gasteiger partial charge is 0.243 e. The Kier molecular flexibility index (Phi) is 7.12. The molecular formula is C23H29N3O4S. The number of sulfonamides is 1. The molecule has 1 heterocycles. The van der Waals surface area contributed by atoms with Crippen LogP contribution in [-0.2, 0) is 19.6 Å². The number of rotatable bonds is 6. The van der Waals surface area contributed by atoms with Gasteiger partial charge in [0.1, 0.15) is 6.04 Å². The van der Waals surface area contributed by atoms with Gasteiger partial charge in [0.15, 0.2) is 0 Å². The molecule has 2 aromatic carbocycles. The van der Waals surface area contributed by atoms with Crippen molar-refractivity contribution in [1.29, 1.82) is 0 Å². The van der Waals surface area contributed by atoms with E-state index >= 15 is 0 Å². The second kappa shape index (κ2) is 9.62. The van der Waals surface area contributed by atoms with E-state index in [4.69, 9.17) is 0 Å². The van der Waals surface area contributed by atoms with Crippen LogP contribution in [-0.4, -0.2) is 43.7 Å². The van der Waals surface area contributed by atoms with E-state index in [1.165, 1.54) is 4.31 Å². The molecular weight excluding hydrogens is 414 g/mol. The molecule has 166 valence electrons. The highest BCUT2D eigenvalue weighted by Crippen LogP contribution is 2.26. The normalized spacial score (nSPS) is 17.2. The summed E-state index contributed by atoms with van der Waals surface area (Å²) >= 11 is 0. The number of piperidine rings is 1. The Bertz CT molecular complexity index is 1060. The lowest BCUT2D eigenvalue weighted by Crippen LogP contribution is -2.52. The number of carbonyl (C=O) groups excluding carboxylic acids is 2. The molecule has 0 aliphatic carbocycles. The lowest BCUT2D eigenvalue weighted by molar-refractivity contribution is -0.127. The molecule has 1 fully saturated rings. The Balaban J connectivity index is 1.67. The summed E-state index contributed by atoms with van der Waals surface area (Å²) in [7, 11) is -3.80. The maximum absolute atomic E-state index is 13.1. The van der Waals surface area contributed by atoms with E-state index in [1.807, 2.05) is 32.9 Å². The highest BCUT2D eigenvalue weighted by atomic mass is 32.2. The molecule has 1 aliphatic rings. The highest BCUT2D eigenvalue weighted by molar-refractivity contribution is 7.89. The Morgan fingerprint density at radius 3 is 2.45 bits per heavy atom. The van der Waals surface area contributed by atoms with Gasteiger partial charge in [-0.1, -0.05) is 36.2 Å². The summed E-state index contributed by atoms with van der Waals surface area (Å²) in [5.74, 6) is -0.808. The highest BCUT2D eigenvalue weighted by Gasteiger charge is 2.37. The summed E-state index contributed by atoms with van der Waals surface area (Å²) in [5.41, 5.74) is 3.67. The maximum atomic E-state index is 13.1. The quantitative estimate of drug-likeness (QED) is 0.718. The molecule has 7 nitrogen and oxygen atoms in total. The third-order valence-corrected chi connectivity index (χ3v) is 7.61. The standard InChI is InChI=1S/C23H29N3O4S/c1-16-10-12-19(13-11-16)31(29,30)26-14-5-4-9-21(26)23(28)24-15-22(27)25-20-8-6-7-17(2)18(20)3/h6-8,10-13,21H,4-5,9,14-15H2,1-3H3,(H,24,28)(H,25,27)/t21-/m1/s1. The SMILES string of the molecule is Cc1ccc(S(=O)(=O)N2CCCC[C@@H]2C(=O)NCC(=O)Nc2cccc(C)c2C)cc1. The Hall–Kier alpha value is -2.71. The molecule has 31 heavy (non-hydrogen) atoms. The van der Waals surface area contributed by atoms with Gasteiger partial charge in [0.2, 0.25) is 21.8 Å². The summed E-state index contributed by atoms with van der Waals surface area (Å²) in [6.07, 6.45) is 1.88. The molecule has 2 N–H and O–H groups in total. The monoisotopic (exact) mass is 443 g/mol. The number of anilines is 1. The minimum absolute atomic E-state index is 0.172. The van der Waals surface area contributed by atoms with Gasteiger partial charge in [-0.25, -0.2) is 8.42 Å². The van der Waals surface area contributed by atoms with Gasteiger partial charge in [-0.05, 0) is 62.9 Å². The zero-order valence-corrected chi connectivity index (χ0v) is 19.0. The van der Waals surface area contributed by atoms with Crippen molar-refractivity contribution < 1.29 is 18.0 Å². The van der Waals surface area contributed by atoms with E-state index in [0.717, 1.165) is 23.1 Å². The van der Waals surface area contributed by atoms with Gasteiger partial charge in [0.25, 0.3) is 0 Å². The van der Waals surface area contributed by atoms with E-state index in [-0.39, 0.29) is 23.9 Å². The fraction of sp³-hybridized carbons (Fsp3) is 0.391. The first-order valence-electron chi connectivity index (χ1n) is 10.4. The largest absolute Gasteiger partial charge is 0.346 e. The number of hydrogen-bond donors (Lipinski definition) is 2. The van der Waals surface area contributed by atoms with Gasteiger partial charge in [-0.15, -0.1) is 0 Å². The van der Waals surface area contributed by atoms with Crippen LogP contribution >= 0.6 is 0 Å². The van der Waals surface area contributed by atoms with E-state index in [1.54, 1.807) is 30.3 Å². The van der Waals surface area contributed by atoms with Gasteiger partial charge in [-0.3, -0.25) is 9.59 Å². The zero-order chi connectivity index (χ0) is 22.6. The van der Waals surface area contributed by atoms with Crippen LogP contribution in [0.2, 0.25) is 0 Å². The Morgan fingerprint density at radius 2 is 1.74 bits per heavy atom. The van der Waals surface area contributed by atoms with Crippen molar-refractivity contribution in [2.45, 2.75) is 51.0 Å². The number of nitrogens with zero attached hydrogens (tertiary/aromatic N) is 1. The van der Waals surface area contributed by atoms with Gasteiger partial charge in [0, 0.05) is 12.2 Å². The Morgan fingerprint density at radius 1 is 1.03 bits per heavy atom. The second-order valence-electron chi connectivity index (χ2n) is 7.95. The molecule has 2 aromatic rings. The average molecular weight is 444 g/mol. The minimum atomic E-state index is -3.80. The number of amides is 2. The van der Waals surface area contributed by atoms with Crippen molar-refractivity contribution in [3.05, 3.63) is 59.2 Å². The second-order valence-corrected chi connectivity index (χ2v) is 9.84. The summed E-state index contributed by atoms with van der Waals surface area (Å²) < 4.78 is 27.5. The van der Waals surface area contributed by atoms with E-state index < -0.39 is 22.0 Å². The first-order chi connectivity index (χ1) is 14.7. The Labute approximate surface area is 183 Å². The van der Waals surface area contributed by atoms with Crippen molar-refractivity contribution in [2.75, 3.05) is 18.4 Å². The van der Waals surface area contributed by atoms with Crippen LogP contribution in [0.3, 0.4) is 0 Å². The predicted octanol–water partition coefficient (Wildman–Crippen LogP) is 2.91. The predicted molar refractivity (Wildman–Crippen MR) is 120 cm³/mol.